The summed E-state index contributed by atoms with van der Waals surface area (Å²) in [6.07, 6.45) is 1.02. The highest BCUT2D eigenvalue weighted by atomic mass is 16.5. The predicted octanol–water partition coefficient (Wildman–Crippen LogP) is 1.16. The molecule has 0 spiro atoms. The van der Waals surface area contributed by atoms with Crippen LogP contribution in [0, 0.1) is 0 Å². The van der Waals surface area contributed by atoms with Gasteiger partial charge in [-0.1, -0.05) is 20.8 Å². The zero-order valence-corrected chi connectivity index (χ0v) is 9.26. The maximum Gasteiger partial charge on any atom is 0.0668 e. The van der Waals surface area contributed by atoms with Crippen LogP contribution < -0.4 is 5.32 Å². The average Bonchev–Trinajstić information content (AvgIpc) is 2.04. The number of rotatable bonds is 7. The van der Waals surface area contributed by atoms with Gasteiger partial charge in [0, 0.05) is 12.6 Å². The van der Waals surface area contributed by atoms with Gasteiger partial charge in [-0.15, -0.1) is 0 Å². The topological polar surface area (TPSA) is 41.5 Å². The number of hydrogen-bond acceptors (Lipinski definition) is 3. The van der Waals surface area contributed by atoms with E-state index < -0.39 is 0 Å². The van der Waals surface area contributed by atoms with Crippen molar-refractivity contribution in [2.45, 2.75) is 45.7 Å². The van der Waals surface area contributed by atoms with Gasteiger partial charge in [-0.05, 0) is 13.3 Å². The first-order valence-corrected chi connectivity index (χ1v) is 5.00. The summed E-state index contributed by atoms with van der Waals surface area (Å²) in [4.78, 5) is 0. The number of aliphatic hydroxyl groups excluding tert-OH is 1. The Hall–Kier alpha value is -0.120. The van der Waals surface area contributed by atoms with Crippen molar-refractivity contribution in [2.24, 2.45) is 0 Å². The average molecular weight is 189 g/mol. The van der Waals surface area contributed by atoms with E-state index in [0.717, 1.165) is 13.0 Å². The molecule has 0 aromatic rings. The molecule has 2 N–H and O–H groups in total. The zero-order valence-electron chi connectivity index (χ0n) is 9.26. The molecule has 3 nitrogen and oxygen atoms in total. The monoisotopic (exact) mass is 189 g/mol. The van der Waals surface area contributed by atoms with Crippen molar-refractivity contribution < 1.29 is 9.84 Å². The standard InChI is InChI=1S/C10H23NO2/c1-5-6-13-8-10(4,7-12)11-9(2)3/h9,11-12H,5-8H2,1-4H3. The summed E-state index contributed by atoms with van der Waals surface area (Å²) in [6, 6.07) is 0.363. The molecule has 80 valence electrons. The molecule has 13 heavy (non-hydrogen) atoms. The summed E-state index contributed by atoms with van der Waals surface area (Å²) in [5.74, 6) is 0. The summed E-state index contributed by atoms with van der Waals surface area (Å²) in [5.41, 5.74) is -0.302. The van der Waals surface area contributed by atoms with Crippen LogP contribution in [0.3, 0.4) is 0 Å². The predicted molar refractivity (Wildman–Crippen MR) is 54.9 cm³/mol. The van der Waals surface area contributed by atoms with Gasteiger partial charge in [0.2, 0.25) is 0 Å². The first-order valence-electron chi connectivity index (χ1n) is 5.00. The fourth-order valence-electron chi connectivity index (χ4n) is 1.27. The Morgan fingerprint density at radius 2 is 2.08 bits per heavy atom. The highest BCUT2D eigenvalue weighted by Crippen LogP contribution is 2.05. The molecule has 0 bridgehead atoms. The minimum Gasteiger partial charge on any atom is -0.394 e. The Morgan fingerprint density at radius 1 is 1.46 bits per heavy atom. The lowest BCUT2D eigenvalue weighted by atomic mass is 10.0. The second-order valence-electron chi connectivity index (χ2n) is 4.07. The highest BCUT2D eigenvalue weighted by Gasteiger charge is 2.23. The summed E-state index contributed by atoms with van der Waals surface area (Å²) in [7, 11) is 0. The number of ether oxygens (including phenoxy) is 1. The minimum absolute atomic E-state index is 0.106. The number of nitrogens with one attached hydrogen (secondary N) is 1. The van der Waals surface area contributed by atoms with Gasteiger partial charge in [0.1, 0.15) is 0 Å². The molecule has 3 heteroatoms. The van der Waals surface area contributed by atoms with Gasteiger partial charge in [0.05, 0.1) is 18.8 Å². The Morgan fingerprint density at radius 3 is 2.46 bits per heavy atom. The van der Waals surface area contributed by atoms with E-state index in [-0.39, 0.29) is 12.1 Å². The molecule has 0 rings (SSSR count). The Labute approximate surface area is 81.5 Å². The van der Waals surface area contributed by atoms with Gasteiger partial charge >= 0.3 is 0 Å². The third kappa shape index (κ3) is 6.02. The first-order chi connectivity index (χ1) is 6.04. The SMILES string of the molecule is CCCOCC(C)(CO)NC(C)C. The maximum absolute atomic E-state index is 9.19. The quantitative estimate of drug-likeness (QED) is 0.591. The van der Waals surface area contributed by atoms with Crippen molar-refractivity contribution >= 4 is 0 Å². The van der Waals surface area contributed by atoms with Crippen molar-refractivity contribution in [1.82, 2.24) is 5.32 Å². The molecule has 1 unspecified atom stereocenters. The van der Waals surface area contributed by atoms with E-state index in [2.05, 4.69) is 26.1 Å². The zero-order chi connectivity index (χ0) is 10.3. The summed E-state index contributed by atoms with van der Waals surface area (Å²) in [6.45, 7) is 9.61. The molecule has 0 aromatic carbocycles. The van der Waals surface area contributed by atoms with Gasteiger partial charge in [0.15, 0.2) is 0 Å². The smallest absolute Gasteiger partial charge is 0.0668 e. The molecule has 1 atom stereocenters. The fourth-order valence-corrected chi connectivity index (χ4v) is 1.27. The molecule has 0 aliphatic heterocycles. The molecule has 0 aliphatic carbocycles. The van der Waals surface area contributed by atoms with Crippen molar-refractivity contribution in [3.8, 4) is 0 Å². The van der Waals surface area contributed by atoms with E-state index in [1.807, 2.05) is 6.92 Å². The molecule has 0 radical (unpaired) electrons. The van der Waals surface area contributed by atoms with E-state index in [0.29, 0.717) is 12.6 Å². The first kappa shape index (κ1) is 12.9. The molecule has 0 fully saturated rings. The van der Waals surface area contributed by atoms with Crippen LogP contribution in [0.2, 0.25) is 0 Å². The lowest BCUT2D eigenvalue weighted by Gasteiger charge is -2.30. The maximum atomic E-state index is 9.19. The second kappa shape index (κ2) is 6.35. The molecule has 0 aromatic heterocycles. The third-order valence-electron chi connectivity index (χ3n) is 1.76. The van der Waals surface area contributed by atoms with Gasteiger partial charge in [-0.2, -0.15) is 0 Å². The normalized spacial score (nSPS) is 16.2. The summed E-state index contributed by atoms with van der Waals surface area (Å²) in [5, 5.41) is 12.5. The van der Waals surface area contributed by atoms with Gasteiger partial charge < -0.3 is 15.2 Å². The van der Waals surface area contributed by atoms with Crippen LogP contribution in [0.15, 0.2) is 0 Å². The molecular weight excluding hydrogens is 166 g/mol. The van der Waals surface area contributed by atoms with Crippen LogP contribution >= 0.6 is 0 Å². The number of hydrogen-bond donors (Lipinski definition) is 2. The lowest BCUT2D eigenvalue weighted by Crippen LogP contribution is -2.52. The lowest BCUT2D eigenvalue weighted by molar-refractivity contribution is 0.0406. The molecule has 0 aliphatic rings. The Kier molecular flexibility index (Phi) is 6.29. The molecule has 0 heterocycles. The Bertz CT molecular complexity index is 128. The second-order valence-corrected chi connectivity index (χ2v) is 4.07. The van der Waals surface area contributed by atoms with Crippen molar-refractivity contribution in [1.29, 1.82) is 0 Å². The number of aliphatic hydroxyl groups is 1. The summed E-state index contributed by atoms with van der Waals surface area (Å²) >= 11 is 0. The molecule has 0 amide bonds. The van der Waals surface area contributed by atoms with Crippen molar-refractivity contribution in [2.75, 3.05) is 19.8 Å². The van der Waals surface area contributed by atoms with Gasteiger partial charge in [-0.25, -0.2) is 0 Å². The largest absolute Gasteiger partial charge is 0.394 e. The molecule has 0 saturated heterocycles. The van der Waals surface area contributed by atoms with Crippen LogP contribution in [0.1, 0.15) is 34.1 Å². The van der Waals surface area contributed by atoms with Gasteiger partial charge in [-0.3, -0.25) is 0 Å². The van der Waals surface area contributed by atoms with Crippen LogP contribution in [-0.4, -0.2) is 36.5 Å². The van der Waals surface area contributed by atoms with Crippen molar-refractivity contribution in [3.05, 3.63) is 0 Å². The van der Waals surface area contributed by atoms with E-state index in [1.54, 1.807) is 0 Å². The highest BCUT2D eigenvalue weighted by molar-refractivity contribution is 4.83. The minimum atomic E-state index is -0.302. The summed E-state index contributed by atoms with van der Waals surface area (Å²) < 4.78 is 5.42. The van der Waals surface area contributed by atoms with Crippen LogP contribution in [0.4, 0.5) is 0 Å². The van der Waals surface area contributed by atoms with Crippen LogP contribution in [0.5, 0.6) is 0 Å². The fraction of sp³-hybridized carbons (Fsp3) is 1.00. The molecular formula is C10H23NO2. The third-order valence-corrected chi connectivity index (χ3v) is 1.76. The van der Waals surface area contributed by atoms with Crippen LogP contribution in [-0.2, 0) is 4.74 Å². The van der Waals surface area contributed by atoms with E-state index in [9.17, 15) is 5.11 Å². The van der Waals surface area contributed by atoms with Gasteiger partial charge in [0.25, 0.3) is 0 Å². The van der Waals surface area contributed by atoms with E-state index >= 15 is 0 Å². The van der Waals surface area contributed by atoms with Crippen LogP contribution in [0.25, 0.3) is 0 Å². The Balaban J connectivity index is 3.81. The van der Waals surface area contributed by atoms with E-state index in [4.69, 9.17) is 4.74 Å². The van der Waals surface area contributed by atoms with Crippen molar-refractivity contribution in [3.63, 3.8) is 0 Å². The molecule has 0 saturated carbocycles. The van der Waals surface area contributed by atoms with E-state index in [1.165, 1.54) is 0 Å².